The molecular weight excluding hydrogens is 296 g/mol. The normalized spacial score (nSPS) is 50.6. The fourth-order valence-corrected chi connectivity index (χ4v) is 7.38. The lowest BCUT2D eigenvalue weighted by Crippen LogP contribution is -2.60. The number of hydrogen-bond donors (Lipinski definition) is 0. The van der Waals surface area contributed by atoms with E-state index in [2.05, 4.69) is 19.1 Å². The molecule has 3 atom stereocenters. The van der Waals surface area contributed by atoms with Crippen molar-refractivity contribution in [3.8, 4) is 0 Å². The van der Waals surface area contributed by atoms with Gasteiger partial charge in [0.2, 0.25) is 0 Å². The maximum absolute atomic E-state index is 13.1. The Hall–Kier alpha value is -0.790. The molecule has 5 saturated carbocycles. The molecule has 2 nitrogen and oxygen atoms in total. The third kappa shape index (κ3) is 2.24. The Morgan fingerprint density at radius 1 is 1.00 bits per heavy atom. The third-order valence-electron chi connectivity index (χ3n) is 8.31. The SMILES string of the molecule is CCCCC1(OC(=O)C2CC3C=CC2C3)C2CC3CC(C2)CC1C3. The Kier molecular flexibility index (Phi) is 3.61. The summed E-state index contributed by atoms with van der Waals surface area (Å²) in [5.41, 5.74) is -0.0912. The quantitative estimate of drug-likeness (QED) is 0.517. The first-order valence-electron chi connectivity index (χ1n) is 10.6. The minimum absolute atomic E-state index is 0.0912. The van der Waals surface area contributed by atoms with Crippen molar-refractivity contribution in [2.24, 2.45) is 41.4 Å². The van der Waals surface area contributed by atoms with E-state index < -0.39 is 0 Å². The topological polar surface area (TPSA) is 26.3 Å². The highest BCUT2D eigenvalue weighted by Gasteiger charge is 2.59. The smallest absolute Gasteiger partial charge is 0.310 e. The van der Waals surface area contributed by atoms with Gasteiger partial charge in [-0.05, 0) is 93.3 Å². The Morgan fingerprint density at radius 3 is 2.25 bits per heavy atom. The molecule has 0 N–H and O–H groups in total. The van der Waals surface area contributed by atoms with E-state index in [1.807, 2.05) is 0 Å². The Bertz CT molecular complexity index is 520. The number of fused-ring (bicyclic) bond motifs is 2. The van der Waals surface area contributed by atoms with Gasteiger partial charge in [0.05, 0.1) is 5.92 Å². The van der Waals surface area contributed by atoms with E-state index in [1.54, 1.807) is 0 Å². The molecule has 0 aliphatic heterocycles. The second-order valence-corrected chi connectivity index (χ2v) is 9.67. The van der Waals surface area contributed by atoms with Gasteiger partial charge in [-0.15, -0.1) is 0 Å². The maximum Gasteiger partial charge on any atom is 0.310 e. The number of carbonyl (C=O) groups excluding carboxylic acids is 1. The highest BCUT2D eigenvalue weighted by Crippen LogP contribution is 2.61. The molecule has 0 aromatic carbocycles. The van der Waals surface area contributed by atoms with Gasteiger partial charge in [0.1, 0.15) is 5.60 Å². The number of hydrogen-bond acceptors (Lipinski definition) is 2. The Balaban J connectivity index is 1.39. The molecule has 6 aliphatic carbocycles. The molecule has 0 aromatic rings. The molecule has 0 heterocycles. The molecule has 0 radical (unpaired) electrons. The summed E-state index contributed by atoms with van der Waals surface area (Å²) in [4.78, 5) is 13.1. The van der Waals surface area contributed by atoms with Crippen LogP contribution < -0.4 is 0 Å². The maximum atomic E-state index is 13.1. The fourth-order valence-electron chi connectivity index (χ4n) is 7.38. The summed E-state index contributed by atoms with van der Waals surface area (Å²) in [7, 11) is 0. The van der Waals surface area contributed by atoms with E-state index in [-0.39, 0.29) is 17.5 Å². The first-order valence-corrected chi connectivity index (χ1v) is 10.6. The van der Waals surface area contributed by atoms with Crippen LogP contribution in [0.15, 0.2) is 12.2 Å². The van der Waals surface area contributed by atoms with Crippen LogP contribution in [0.2, 0.25) is 0 Å². The van der Waals surface area contributed by atoms with Gasteiger partial charge >= 0.3 is 5.97 Å². The van der Waals surface area contributed by atoms with E-state index in [0.717, 1.165) is 24.7 Å². The van der Waals surface area contributed by atoms with E-state index in [4.69, 9.17) is 4.74 Å². The summed E-state index contributed by atoms with van der Waals surface area (Å²) < 4.78 is 6.58. The average molecular weight is 328 g/mol. The molecule has 0 saturated heterocycles. The summed E-state index contributed by atoms with van der Waals surface area (Å²) in [6.45, 7) is 2.27. The Morgan fingerprint density at radius 2 is 1.71 bits per heavy atom. The predicted octanol–water partition coefficient (Wildman–Crippen LogP) is 5.13. The first-order chi connectivity index (χ1) is 11.7. The highest BCUT2D eigenvalue weighted by molar-refractivity contribution is 5.74. The zero-order valence-corrected chi connectivity index (χ0v) is 15.1. The summed E-state index contributed by atoms with van der Waals surface area (Å²) in [6, 6.07) is 0. The van der Waals surface area contributed by atoms with E-state index in [9.17, 15) is 4.79 Å². The van der Waals surface area contributed by atoms with Crippen LogP contribution in [-0.4, -0.2) is 11.6 Å². The molecule has 0 amide bonds. The monoisotopic (exact) mass is 328 g/mol. The van der Waals surface area contributed by atoms with Crippen LogP contribution in [0.3, 0.4) is 0 Å². The van der Waals surface area contributed by atoms with Gasteiger partial charge in [-0.25, -0.2) is 0 Å². The molecule has 3 unspecified atom stereocenters. The first kappa shape index (κ1) is 15.5. The van der Waals surface area contributed by atoms with Gasteiger partial charge in [-0.2, -0.15) is 0 Å². The lowest BCUT2D eigenvalue weighted by molar-refractivity contribution is -0.216. The summed E-state index contributed by atoms with van der Waals surface area (Å²) >= 11 is 0. The lowest BCUT2D eigenvalue weighted by Gasteiger charge is -2.60. The van der Waals surface area contributed by atoms with Crippen LogP contribution in [0.25, 0.3) is 0 Å². The van der Waals surface area contributed by atoms with Crippen LogP contribution in [0.1, 0.15) is 71.1 Å². The number of carbonyl (C=O) groups is 1. The predicted molar refractivity (Wildman–Crippen MR) is 94.2 cm³/mol. The van der Waals surface area contributed by atoms with Crippen LogP contribution in [0.5, 0.6) is 0 Å². The van der Waals surface area contributed by atoms with Crippen LogP contribution in [0.4, 0.5) is 0 Å². The minimum Gasteiger partial charge on any atom is -0.458 e. The molecule has 2 heteroatoms. The number of ether oxygens (including phenoxy) is 1. The van der Waals surface area contributed by atoms with Crippen LogP contribution in [0, 0.1) is 41.4 Å². The Labute approximate surface area is 146 Å². The molecule has 132 valence electrons. The molecule has 6 aliphatic rings. The molecule has 6 rings (SSSR count). The standard InChI is InChI=1S/C22H32O2/c1-2-3-6-22(18-9-15-7-16(11-18)12-19(22)10-15)24-21(23)20-13-14-4-5-17(20)8-14/h4-5,14-20H,2-3,6-13H2,1H3. The average Bonchev–Trinajstić information content (AvgIpc) is 3.19. The van der Waals surface area contributed by atoms with E-state index in [0.29, 0.717) is 23.7 Å². The van der Waals surface area contributed by atoms with Crippen molar-refractivity contribution in [3.05, 3.63) is 12.2 Å². The van der Waals surface area contributed by atoms with Gasteiger partial charge in [0.15, 0.2) is 0 Å². The number of rotatable bonds is 5. The minimum atomic E-state index is -0.0912. The van der Waals surface area contributed by atoms with E-state index in [1.165, 1.54) is 51.4 Å². The van der Waals surface area contributed by atoms with Crippen molar-refractivity contribution in [1.29, 1.82) is 0 Å². The summed E-state index contributed by atoms with van der Waals surface area (Å²) in [5, 5.41) is 0. The zero-order valence-electron chi connectivity index (χ0n) is 15.1. The fraction of sp³-hybridized carbons (Fsp3) is 0.864. The highest BCUT2D eigenvalue weighted by atomic mass is 16.6. The zero-order chi connectivity index (χ0) is 16.3. The summed E-state index contributed by atoms with van der Waals surface area (Å²) in [5.74, 6) is 4.65. The van der Waals surface area contributed by atoms with Crippen molar-refractivity contribution in [2.75, 3.05) is 0 Å². The van der Waals surface area contributed by atoms with Crippen molar-refractivity contribution in [1.82, 2.24) is 0 Å². The van der Waals surface area contributed by atoms with Crippen molar-refractivity contribution in [3.63, 3.8) is 0 Å². The number of allylic oxidation sites excluding steroid dienone is 2. The lowest BCUT2D eigenvalue weighted by atomic mass is 9.49. The number of esters is 1. The van der Waals surface area contributed by atoms with Crippen LogP contribution >= 0.6 is 0 Å². The van der Waals surface area contributed by atoms with Crippen molar-refractivity contribution in [2.45, 2.75) is 76.7 Å². The van der Waals surface area contributed by atoms with Crippen molar-refractivity contribution < 1.29 is 9.53 Å². The third-order valence-corrected chi connectivity index (χ3v) is 8.31. The molecule has 5 fully saturated rings. The molecule has 6 bridgehead atoms. The molecule has 0 spiro atoms. The van der Waals surface area contributed by atoms with Gasteiger partial charge in [-0.3, -0.25) is 4.79 Å². The second-order valence-electron chi connectivity index (χ2n) is 9.67. The van der Waals surface area contributed by atoms with Gasteiger partial charge in [0.25, 0.3) is 0 Å². The van der Waals surface area contributed by atoms with Crippen molar-refractivity contribution >= 4 is 5.97 Å². The molecular formula is C22H32O2. The summed E-state index contributed by atoms with van der Waals surface area (Å²) in [6.07, 6.45) is 17.2. The van der Waals surface area contributed by atoms with Crippen LogP contribution in [-0.2, 0) is 9.53 Å². The van der Waals surface area contributed by atoms with E-state index >= 15 is 0 Å². The largest absolute Gasteiger partial charge is 0.458 e. The van der Waals surface area contributed by atoms with Gasteiger partial charge in [-0.1, -0.05) is 25.5 Å². The number of unbranched alkanes of at least 4 members (excludes halogenated alkanes) is 1. The van der Waals surface area contributed by atoms with Gasteiger partial charge in [0, 0.05) is 0 Å². The second kappa shape index (κ2) is 5.61. The molecule has 0 aromatic heterocycles. The van der Waals surface area contributed by atoms with Gasteiger partial charge < -0.3 is 4.74 Å². The molecule has 24 heavy (non-hydrogen) atoms.